The maximum Gasteiger partial charge on any atom is 0.267 e. The second kappa shape index (κ2) is 8.48. The summed E-state index contributed by atoms with van der Waals surface area (Å²) in [5.74, 6) is -0.0837. The van der Waals surface area contributed by atoms with E-state index in [2.05, 4.69) is 5.32 Å². The molecule has 0 aliphatic carbocycles. The number of sulfonamides is 1. The van der Waals surface area contributed by atoms with Gasteiger partial charge in [-0.15, -0.1) is 0 Å². The molecule has 0 fully saturated rings. The van der Waals surface area contributed by atoms with Crippen LogP contribution in [-0.4, -0.2) is 27.0 Å². The molecule has 1 amide bonds. The van der Waals surface area contributed by atoms with Crippen molar-refractivity contribution in [3.8, 4) is 5.75 Å². The average Bonchev–Trinajstić information content (AvgIpc) is 2.75. The van der Waals surface area contributed by atoms with Crippen LogP contribution in [0.25, 0.3) is 0 Å². The van der Waals surface area contributed by atoms with Crippen LogP contribution >= 0.6 is 11.6 Å². The van der Waals surface area contributed by atoms with Crippen molar-refractivity contribution in [1.29, 1.82) is 0 Å². The summed E-state index contributed by atoms with van der Waals surface area (Å²) in [4.78, 5) is 13.2. The number of para-hydroxylation sites is 2. The third kappa shape index (κ3) is 4.18. The standard InChI is InChI=1S/C24H23ClN2O4S/c1-15-12-16(2)23(17(3)13-15)26-24(28)22-14-27(20-6-4-5-7-21(20)31-22)32(29,30)19-10-8-18(25)9-11-19/h4-13,22H,14H2,1-3H3,(H,26,28). The number of carbonyl (C=O) groups is 1. The minimum absolute atomic E-state index is 0.0861. The number of nitrogens with one attached hydrogen (secondary N) is 1. The summed E-state index contributed by atoms with van der Waals surface area (Å²) in [5.41, 5.74) is 4.04. The number of halogens is 1. The van der Waals surface area contributed by atoms with Crippen LogP contribution in [0.1, 0.15) is 16.7 Å². The molecule has 1 aliphatic heterocycles. The topological polar surface area (TPSA) is 75.7 Å². The Balaban J connectivity index is 1.68. The van der Waals surface area contributed by atoms with Gasteiger partial charge in [0.1, 0.15) is 5.75 Å². The Labute approximate surface area is 192 Å². The van der Waals surface area contributed by atoms with E-state index in [0.29, 0.717) is 22.1 Å². The van der Waals surface area contributed by atoms with E-state index >= 15 is 0 Å². The van der Waals surface area contributed by atoms with Gasteiger partial charge in [0.2, 0.25) is 0 Å². The normalized spacial score (nSPS) is 15.6. The fraction of sp³-hybridized carbons (Fsp3) is 0.208. The molecule has 1 heterocycles. The van der Waals surface area contributed by atoms with Gasteiger partial charge >= 0.3 is 0 Å². The van der Waals surface area contributed by atoms with Crippen LogP contribution in [0.15, 0.2) is 65.6 Å². The molecule has 0 radical (unpaired) electrons. The molecule has 0 spiro atoms. The Kier molecular flexibility index (Phi) is 5.88. The zero-order valence-corrected chi connectivity index (χ0v) is 19.5. The van der Waals surface area contributed by atoms with Gasteiger partial charge < -0.3 is 10.1 Å². The van der Waals surface area contributed by atoms with Gasteiger partial charge in [-0.2, -0.15) is 0 Å². The average molecular weight is 471 g/mol. The van der Waals surface area contributed by atoms with Gasteiger partial charge in [0.25, 0.3) is 15.9 Å². The minimum Gasteiger partial charge on any atom is -0.476 e. The number of nitrogens with zero attached hydrogens (tertiary/aromatic N) is 1. The number of benzene rings is 3. The molecule has 1 aliphatic rings. The third-order valence-corrected chi connectivity index (χ3v) is 7.40. The lowest BCUT2D eigenvalue weighted by atomic mass is 10.0. The Morgan fingerprint density at radius 1 is 1.03 bits per heavy atom. The fourth-order valence-electron chi connectivity index (χ4n) is 3.88. The molecule has 1 atom stereocenters. The van der Waals surface area contributed by atoms with E-state index in [-0.39, 0.29) is 11.4 Å². The molecule has 3 aromatic rings. The van der Waals surface area contributed by atoms with Crippen LogP contribution in [-0.2, 0) is 14.8 Å². The van der Waals surface area contributed by atoms with Crippen molar-refractivity contribution in [2.24, 2.45) is 0 Å². The van der Waals surface area contributed by atoms with Gasteiger partial charge in [-0.25, -0.2) is 8.42 Å². The zero-order chi connectivity index (χ0) is 23.0. The number of anilines is 2. The number of amides is 1. The molecule has 32 heavy (non-hydrogen) atoms. The summed E-state index contributed by atoms with van der Waals surface area (Å²) in [7, 11) is -3.94. The van der Waals surface area contributed by atoms with Crippen LogP contribution < -0.4 is 14.4 Å². The number of rotatable bonds is 4. The summed E-state index contributed by atoms with van der Waals surface area (Å²) in [6.07, 6.45) is -1.02. The number of ether oxygens (including phenoxy) is 1. The molecule has 1 N–H and O–H groups in total. The van der Waals surface area contributed by atoms with Crippen molar-refractivity contribution in [2.45, 2.75) is 31.8 Å². The molecular formula is C24H23ClN2O4S. The van der Waals surface area contributed by atoms with Crippen LogP contribution in [0.3, 0.4) is 0 Å². The molecule has 0 saturated carbocycles. The highest BCUT2D eigenvalue weighted by molar-refractivity contribution is 7.92. The van der Waals surface area contributed by atoms with E-state index in [4.69, 9.17) is 16.3 Å². The molecular weight excluding hydrogens is 448 g/mol. The van der Waals surface area contributed by atoms with Gasteiger partial charge in [0, 0.05) is 10.7 Å². The highest BCUT2D eigenvalue weighted by Crippen LogP contribution is 2.37. The summed E-state index contributed by atoms with van der Waals surface area (Å²) < 4.78 is 34.0. The largest absolute Gasteiger partial charge is 0.476 e. The Morgan fingerprint density at radius 2 is 1.66 bits per heavy atom. The van der Waals surface area contributed by atoms with Crippen LogP contribution in [0.2, 0.25) is 5.02 Å². The summed E-state index contributed by atoms with van der Waals surface area (Å²) in [6, 6.07) is 16.7. The number of carbonyl (C=O) groups excluding carboxylic acids is 1. The smallest absolute Gasteiger partial charge is 0.267 e. The van der Waals surface area contributed by atoms with E-state index in [0.717, 1.165) is 16.7 Å². The first kappa shape index (κ1) is 22.2. The number of hydrogen-bond acceptors (Lipinski definition) is 4. The molecule has 166 valence electrons. The predicted molar refractivity (Wildman–Crippen MR) is 126 cm³/mol. The molecule has 1 unspecified atom stereocenters. The van der Waals surface area contributed by atoms with E-state index in [1.807, 2.05) is 32.9 Å². The summed E-state index contributed by atoms with van der Waals surface area (Å²) in [6.45, 7) is 5.68. The van der Waals surface area contributed by atoms with Crippen molar-refractivity contribution in [2.75, 3.05) is 16.2 Å². The van der Waals surface area contributed by atoms with Crippen LogP contribution in [0, 0.1) is 20.8 Å². The summed E-state index contributed by atoms with van der Waals surface area (Å²) in [5, 5.41) is 3.36. The lowest BCUT2D eigenvalue weighted by Crippen LogP contribution is -2.48. The van der Waals surface area contributed by atoms with Gasteiger partial charge in [-0.3, -0.25) is 9.10 Å². The highest BCUT2D eigenvalue weighted by atomic mass is 35.5. The quantitative estimate of drug-likeness (QED) is 0.590. The lowest BCUT2D eigenvalue weighted by molar-refractivity contribution is -0.122. The first-order valence-corrected chi connectivity index (χ1v) is 11.9. The van der Waals surface area contributed by atoms with Gasteiger partial charge in [-0.05, 0) is 68.3 Å². The van der Waals surface area contributed by atoms with E-state index in [1.165, 1.54) is 28.6 Å². The third-order valence-electron chi connectivity index (χ3n) is 5.35. The number of fused-ring (bicyclic) bond motifs is 1. The maximum absolute atomic E-state index is 13.4. The highest BCUT2D eigenvalue weighted by Gasteiger charge is 2.37. The Hall–Kier alpha value is -3.03. The molecule has 6 nitrogen and oxygen atoms in total. The van der Waals surface area contributed by atoms with Crippen molar-refractivity contribution < 1.29 is 17.9 Å². The summed E-state index contributed by atoms with van der Waals surface area (Å²) >= 11 is 5.92. The Morgan fingerprint density at radius 3 is 2.31 bits per heavy atom. The second-order valence-electron chi connectivity index (χ2n) is 7.83. The number of hydrogen-bond donors (Lipinski definition) is 1. The molecule has 8 heteroatoms. The second-order valence-corrected chi connectivity index (χ2v) is 10.1. The van der Waals surface area contributed by atoms with Crippen molar-refractivity contribution in [3.63, 3.8) is 0 Å². The van der Waals surface area contributed by atoms with Crippen LogP contribution in [0.4, 0.5) is 11.4 Å². The zero-order valence-electron chi connectivity index (χ0n) is 17.9. The van der Waals surface area contributed by atoms with Crippen molar-refractivity contribution in [1.82, 2.24) is 0 Å². The first-order chi connectivity index (χ1) is 15.2. The predicted octanol–water partition coefficient (Wildman–Crippen LogP) is 4.86. The monoisotopic (exact) mass is 470 g/mol. The van der Waals surface area contributed by atoms with Crippen molar-refractivity contribution >= 4 is 38.9 Å². The van der Waals surface area contributed by atoms with Crippen molar-refractivity contribution in [3.05, 3.63) is 82.4 Å². The van der Waals surface area contributed by atoms with Gasteiger partial charge in [0.15, 0.2) is 6.10 Å². The minimum atomic E-state index is -3.94. The van der Waals surface area contributed by atoms with Gasteiger partial charge in [0.05, 0.1) is 17.1 Å². The first-order valence-electron chi connectivity index (χ1n) is 10.1. The molecule has 4 rings (SSSR count). The molecule has 0 bridgehead atoms. The fourth-order valence-corrected chi connectivity index (χ4v) is 5.48. The number of aryl methyl sites for hydroxylation is 3. The lowest BCUT2D eigenvalue weighted by Gasteiger charge is -2.34. The van der Waals surface area contributed by atoms with Crippen LogP contribution in [0.5, 0.6) is 5.75 Å². The molecule has 0 saturated heterocycles. The molecule has 0 aromatic heterocycles. The Bertz CT molecular complexity index is 1270. The van der Waals surface area contributed by atoms with E-state index in [1.54, 1.807) is 24.3 Å². The van der Waals surface area contributed by atoms with Gasteiger partial charge in [-0.1, -0.05) is 41.4 Å². The maximum atomic E-state index is 13.4. The van der Waals surface area contributed by atoms with E-state index < -0.39 is 22.0 Å². The molecule has 3 aromatic carbocycles. The van der Waals surface area contributed by atoms with E-state index in [9.17, 15) is 13.2 Å². The SMILES string of the molecule is Cc1cc(C)c(NC(=O)C2CN(S(=O)(=O)c3ccc(Cl)cc3)c3ccccc3O2)c(C)c1.